The van der Waals surface area contributed by atoms with E-state index in [0.29, 0.717) is 22.8 Å². The average Bonchev–Trinajstić information content (AvgIpc) is 2.95. The third kappa shape index (κ3) is 3.13. The van der Waals surface area contributed by atoms with Crippen LogP contribution in [0.25, 0.3) is 0 Å². The topological polar surface area (TPSA) is 102 Å². The summed E-state index contributed by atoms with van der Waals surface area (Å²) in [7, 11) is 4.30. The molecule has 1 atom stereocenters. The molecule has 1 heterocycles. The summed E-state index contributed by atoms with van der Waals surface area (Å²) < 4.78 is 15.9. The number of carboxylic acid groups (broad SMARTS) is 1. The van der Waals surface area contributed by atoms with Gasteiger partial charge in [0, 0.05) is 0 Å². The highest BCUT2D eigenvalue weighted by Crippen LogP contribution is 2.42. The molecule has 146 valence electrons. The standard InChI is InChI=1S/C20H19NO7/c1-26-15-8-11(9-16(27-2)18(15)28-3)14(10-17(22)23)21-19(24)12-6-4-5-7-13(12)20(21)25/h4-9,14H,10H2,1-3H3,(H,22,23). The van der Waals surface area contributed by atoms with Crippen molar-refractivity contribution in [3.8, 4) is 17.2 Å². The zero-order valence-electron chi connectivity index (χ0n) is 15.6. The van der Waals surface area contributed by atoms with Crippen LogP contribution in [-0.4, -0.2) is 49.1 Å². The highest BCUT2D eigenvalue weighted by atomic mass is 16.5. The number of carbonyl (C=O) groups is 3. The normalized spacial score (nSPS) is 13.9. The monoisotopic (exact) mass is 385 g/mol. The molecule has 0 aromatic heterocycles. The molecule has 0 saturated carbocycles. The smallest absolute Gasteiger partial charge is 0.305 e. The highest BCUT2D eigenvalue weighted by molar-refractivity contribution is 6.21. The number of nitrogens with zero attached hydrogens (tertiary/aromatic N) is 1. The minimum atomic E-state index is -1.16. The molecule has 2 amide bonds. The Morgan fingerprint density at radius 1 is 0.964 bits per heavy atom. The lowest BCUT2D eigenvalue weighted by Gasteiger charge is -2.26. The van der Waals surface area contributed by atoms with Crippen LogP contribution in [0.3, 0.4) is 0 Å². The average molecular weight is 385 g/mol. The number of benzene rings is 2. The molecule has 1 unspecified atom stereocenters. The number of imide groups is 1. The van der Waals surface area contributed by atoms with Crippen LogP contribution in [-0.2, 0) is 4.79 Å². The van der Waals surface area contributed by atoms with Gasteiger partial charge in [-0.15, -0.1) is 0 Å². The van der Waals surface area contributed by atoms with Gasteiger partial charge in [-0.25, -0.2) is 0 Å². The SMILES string of the molecule is COc1cc(C(CC(=O)O)N2C(=O)c3ccccc3C2=O)cc(OC)c1OC. The second-order valence-electron chi connectivity index (χ2n) is 6.10. The molecule has 0 saturated heterocycles. The fourth-order valence-corrected chi connectivity index (χ4v) is 3.31. The maximum absolute atomic E-state index is 12.9. The summed E-state index contributed by atoms with van der Waals surface area (Å²) in [6, 6.07) is 8.43. The Bertz CT molecular complexity index is 893. The van der Waals surface area contributed by atoms with Crippen molar-refractivity contribution in [2.75, 3.05) is 21.3 Å². The minimum Gasteiger partial charge on any atom is -0.493 e. The maximum atomic E-state index is 12.9. The predicted octanol–water partition coefficient (Wildman–Crippen LogP) is 2.52. The number of amides is 2. The summed E-state index contributed by atoms with van der Waals surface area (Å²) in [5, 5.41) is 9.41. The molecular weight excluding hydrogens is 366 g/mol. The molecule has 2 aromatic carbocycles. The zero-order valence-corrected chi connectivity index (χ0v) is 15.6. The van der Waals surface area contributed by atoms with E-state index in [1.54, 1.807) is 36.4 Å². The van der Waals surface area contributed by atoms with Crippen LogP contribution in [0.1, 0.15) is 38.7 Å². The van der Waals surface area contributed by atoms with Gasteiger partial charge >= 0.3 is 5.97 Å². The fourth-order valence-electron chi connectivity index (χ4n) is 3.31. The molecule has 3 rings (SSSR count). The van der Waals surface area contributed by atoms with Crippen molar-refractivity contribution in [2.45, 2.75) is 12.5 Å². The summed E-state index contributed by atoms with van der Waals surface area (Å²) in [6.07, 6.45) is -0.468. The molecule has 0 bridgehead atoms. The van der Waals surface area contributed by atoms with Gasteiger partial charge in [0.05, 0.1) is 44.9 Å². The Balaban J connectivity index is 2.14. The fraction of sp³-hybridized carbons (Fsp3) is 0.250. The van der Waals surface area contributed by atoms with Crippen LogP contribution in [0.2, 0.25) is 0 Å². The largest absolute Gasteiger partial charge is 0.493 e. The third-order valence-electron chi connectivity index (χ3n) is 4.58. The Morgan fingerprint density at radius 3 is 1.86 bits per heavy atom. The molecule has 0 aliphatic carbocycles. The first kappa shape index (κ1) is 19.2. The van der Waals surface area contributed by atoms with Crippen LogP contribution >= 0.6 is 0 Å². The van der Waals surface area contributed by atoms with Crippen molar-refractivity contribution in [3.63, 3.8) is 0 Å². The first-order valence-corrected chi connectivity index (χ1v) is 8.41. The number of hydrogen-bond donors (Lipinski definition) is 1. The maximum Gasteiger partial charge on any atom is 0.305 e. The number of fused-ring (bicyclic) bond motifs is 1. The van der Waals surface area contributed by atoms with Gasteiger partial charge in [0.15, 0.2) is 11.5 Å². The second kappa shape index (κ2) is 7.59. The Morgan fingerprint density at radius 2 is 1.46 bits per heavy atom. The van der Waals surface area contributed by atoms with Crippen molar-refractivity contribution in [1.82, 2.24) is 4.90 Å². The van der Waals surface area contributed by atoms with Crippen LogP contribution < -0.4 is 14.2 Å². The lowest BCUT2D eigenvalue weighted by atomic mass is 10.0. The Kier molecular flexibility index (Phi) is 5.21. The number of hydrogen-bond acceptors (Lipinski definition) is 6. The van der Waals surface area contributed by atoms with Gasteiger partial charge in [-0.2, -0.15) is 0 Å². The van der Waals surface area contributed by atoms with E-state index < -0.39 is 30.2 Å². The van der Waals surface area contributed by atoms with Crippen molar-refractivity contribution >= 4 is 17.8 Å². The molecular formula is C20H19NO7. The molecule has 0 fully saturated rings. The van der Waals surface area contributed by atoms with Gasteiger partial charge in [0.1, 0.15) is 0 Å². The lowest BCUT2D eigenvalue weighted by Crippen LogP contribution is -2.35. The lowest BCUT2D eigenvalue weighted by molar-refractivity contribution is -0.138. The summed E-state index contributed by atoms with van der Waals surface area (Å²) in [5.74, 6) is -1.32. The predicted molar refractivity (Wildman–Crippen MR) is 98.0 cm³/mol. The van der Waals surface area contributed by atoms with E-state index in [4.69, 9.17) is 14.2 Å². The van der Waals surface area contributed by atoms with E-state index in [0.717, 1.165) is 4.90 Å². The molecule has 2 aromatic rings. The van der Waals surface area contributed by atoms with E-state index in [-0.39, 0.29) is 11.1 Å². The number of aliphatic carboxylic acids is 1. The number of carboxylic acids is 1. The van der Waals surface area contributed by atoms with Gasteiger partial charge < -0.3 is 19.3 Å². The van der Waals surface area contributed by atoms with E-state index in [1.807, 2.05) is 0 Å². The molecule has 1 aliphatic rings. The summed E-state index contributed by atoms with van der Waals surface area (Å²) in [6.45, 7) is 0. The Labute approximate surface area is 161 Å². The molecule has 1 N–H and O–H groups in total. The molecule has 28 heavy (non-hydrogen) atoms. The third-order valence-corrected chi connectivity index (χ3v) is 4.58. The molecule has 0 spiro atoms. The summed E-state index contributed by atoms with van der Waals surface area (Å²) in [4.78, 5) is 38.2. The molecule has 0 radical (unpaired) electrons. The minimum absolute atomic E-state index is 0.246. The van der Waals surface area contributed by atoms with Gasteiger partial charge in [-0.1, -0.05) is 12.1 Å². The van der Waals surface area contributed by atoms with Crippen molar-refractivity contribution in [1.29, 1.82) is 0 Å². The zero-order chi connectivity index (χ0) is 20.4. The first-order chi connectivity index (χ1) is 13.4. The number of methoxy groups -OCH3 is 3. The van der Waals surface area contributed by atoms with E-state index in [2.05, 4.69) is 0 Å². The molecule has 8 nitrogen and oxygen atoms in total. The van der Waals surface area contributed by atoms with E-state index >= 15 is 0 Å². The first-order valence-electron chi connectivity index (χ1n) is 8.41. The van der Waals surface area contributed by atoms with Gasteiger partial charge in [0.25, 0.3) is 11.8 Å². The van der Waals surface area contributed by atoms with E-state index in [9.17, 15) is 19.5 Å². The van der Waals surface area contributed by atoms with Crippen molar-refractivity contribution in [3.05, 3.63) is 53.1 Å². The van der Waals surface area contributed by atoms with Crippen molar-refractivity contribution < 1.29 is 33.7 Å². The van der Waals surface area contributed by atoms with Gasteiger partial charge in [-0.05, 0) is 29.8 Å². The van der Waals surface area contributed by atoms with Crippen LogP contribution in [0.5, 0.6) is 17.2 Å². The highest BCUT2D eigenvalue weighted by Gasteiger charge is 2.41. The summed E-state index contributed by atoms with van der Waals surface area (Å²) >= 11 is 0. The number of ether oxygens (including phenoxy) is 3. The van der Waals surface area contributed by atoms with Crippen molar-refractivity contribution in [2.24, 2.45) is 0 Å². The van der Waals surface area contributed by atoms with E-state index in [1.165, 1.54) is 21.3 Å². The summed E-state index contributed by atoms with van der Waals surface area (Å²) in [5.41, 5.74) is 0.872. The number of carbonyl (C=O) groups excluding carboxylic acids is 2. The number of rotatable bonds is 7. The van der Waals surface area contributed by atoms with Crippen LogP contribution in [0, 0.1) is 0 Å². The molecule has 1 aliphatic heterocycles. The van der Waals surface area contributed by atoms with Gasteiger partial charge in [-0.3, -0.25) is 19.3 Å². The molecule has 8 heteroatoms. The quantitative estimate of drug-likeness (QED) is 0.731. The second-order valence-corrected chi connectivity index (χ2v) is 6.10. The van der Waals surface area contributed by atoms with Gasteiger partial charge in [0.2, 0.25) is 5.75 Å². The van der Waals surface area contributed by atoms with Crippen LogP contribution in [0.4, 0.5) is 0 Å². The van der Waals surface area contributed by atoms with Crippen LogP contribution in [0.15, 0.2) is 36.4 Å². The Hall–Kier alpha value is -3.55.